The van der Waals surface area contributed by atoms with Crippen LogP contribution in [-0.4, -0.2) is 25.2 Å². The van der Waals surface area contributed by atoms with Crippen molar-refractivity contribution in [2.45, 2.75) is 18.4 Å². The lowest BCUT2D eigenvalue weighted by molar-refractivity contribution is 0.236. The Morgan fingerprint density at radius 3 is 2.80 bits per heavy atom. The number of nitrogens with one attached hydrogen (secondary N) is 1. The van der Waals surface area contributed by atoms with E-state index in [0.717, 1.165) is 5.56 Å². The van der Waals surface area contributed by atoms with E-state index in [2.05, 4.69) is 0 Å². The van der Waals surface area contributed by atoms with Crippen LogP contribution in [0.15, 0.2) is 24.3 Å². The van der Waals surface area contributed by atoms with Crippen molar-refractivity contribution in [3.8, 4) is 0 Å². The van der Waals surface area contributed by atoms with Crippen LogP contribution in [0.4, 0.5) is 14.5 Å². The molecule has 4 nitrogen and oxygen atoms in total. The van der Waals surface area contributed by atoms with Crippen molar-refractivity contribution in [2.24, 2.45) is 0 Å². The van der Waals surface area contributed by atoms with Crippen LogP contribution in [-0.2, 0) is 20.5 Å². The molecule has 0 heterocycles. The number of halogens is 2. The second-order valence-electron chi connectivity index (χ2n) is 3.58. The zero-order chi connectivity index (χ0) is 15.2. The minimum Gasteiger partial charge on any atom is -0.479 e. The molecule has 0 radical (unpaired) electrons. The summed E-state index contributed by atoms with van der Waals surface area (Å²) in [4.78, 5) is 0. The fourth-order valence-corrected chi connectivity index (χ4v) is 2.74. The van der Waals surface area contributed by atoms with Crippen LogP contribution in [0, 0.1) is 0 Å². The SMILES string of the molecule is CCOC(=S)SCc1cccc(NS(=O)(=O)C(F)F)c1. The van der Waals surface area contributed by atoms with Gasteiger partial charge in [0.2, 0.25) is 4.38 Å². The number of thiocarbonyl (C=S) groups is 1. The molecule has 9 heteroatoms. The molecule has 0 saturated carbocycles. The largest absolute Gasteiger partial charge is 0.479 e. The summed E-state index contributed by atoms with van der Waals surface area (Å²) in [7, 11) is -4.65. The molecular formula is C11H13F2NO3S3. The summed E-state index contributed by atoms with van der Waals surface area (Å²) in [5.74, 6) is -3.01. The van der Waals surface area contributed by atoms with E-state index in [1.165, 1.54) is 23.9 Å². The Kier molecular flexibility index (Phi) is 6.63. The third-order valence-electron chi connectivity index (χ3n) is 2.04. The van der Waals surface area contributed by atoms with Gasteiger partial charge in [-0.05, 0) is 36.8 Å². The fraction of sp³-hybridized carbons (Fsp3) is 0.364. The Bertz CT molecular complexity index is 564. The molecule has 1 aromatic rings. The van der Waals surface area contributed by atoms with Gasteiger partial charge in [0.1, 0.15) is 0 Å². The number of hydrogen-bond donors (Lipinski definition) is 1. The molecule has 1 N–H and O–H groups in total. The number of ether oxygens (including phenoxy) is 1. The molecule has 1 rings (SSSR count). The van der Waals surface area contributed by atoms with E-state index >= 15 is 0 Å². The Hall–Kier alpha value is -0.930. The molecule has 0 unspecified atom stereocenters. The first-order valence-corrected chi connectivity index (χ1v) is 8.47. The lowest BCUT2D eigenvalue weighted by atomic mass is 10.2. The summed E-state index contributed by atoms with van der Waals surface area (Å²) in [5.41, 5.74) is 0.831. The Morgan fingerprint density at radius 2 is 2.20 bits per heavy atom. The smallest absolute Gasteiger partial charge is 0.355 e. The highest BCUT2D eigenvalue weighted by atomic mass is 32.2. The first-order valence-electron chi connectivity index (χ1n) is 5.53. The molecule has 1 aromatic carbocycles. The molecule has 0 bridgehead atoms. The monoisotopic (exact) mass is 341 g/mol. The topological polar surface area (TPSA) is 55.4 Å². The quantitative estimate of drug-likeness (QED) is 0.805. The third kappa shape index (κ3) is 5.59. The van der Waals surface area contributed by atoms with Gasteiger partial charge in [0.05, 0.1) is 6.61 Å². The van der Waals surface area contributed by atoms with E-state index < -0.39 is 15.8 Å². The minimum absolute atomic E-state index is 0.0886. The van der Waals surface area contributed by atoms with Gasteiger partial charge in [-0.25, -0.2) is 8.42 Å². The van der Waals surface area contributed by atoms with Gasteiger partial charge in [0.15, 0.2) is 0 Å². The zero-order valence-electron chi connectivity index (χ0n) is 10.5. The highest BCUT2D eigenvalue weighted by Crippen LogP contribution is 2.20. The highest BCUT2D eigenvalue weighted by Gasteiger charge is 2.23. The van der Waals surface area contributed by atoms with Gasteiger partial charge < -0.3 is 4.74 Å². The zero-order valence-corrected chi connectivity index (χ0v) is 13.0. The van der Waals surface area contributed by atoms with E-state index in [-0.39, 0.29) is 5.69 Å². The maximum absolute atomic E-state index is 12.2. The van der Waals surface area contributed by atoms with Gasteiger partial charge in [-0.1, -0.05) is 23.9 Å². The number of sulfonamides is 1. The fourth-order valence-electron chi connectivity index (χ4n) is 1.24. The van der Waals surface area contributed by atoms with Crippen LogP contribution in [0.1, 0.15) is 12.5 Å². The molecule has 0 atom stereocenters. The van der Waals surface area contributed by atoms with Crippen LogP contribution in [0.2, 0.25) is 0 Å². The van der Waals surface area contributed by atoms with Crippen molar-refractivity contribution >= 4 is 44.1 Å². The van der Waals surface area contributed by atoms with Gasteiger partial charge >= 0.3 is 5.76 Å². The summed E-state index contributed by atoms with van der Waals surface area (Å²) in [6.07, 6.45) is 0. The second-order valence-corrected chi connectivity index (χ2v) is 6.81. The van der Waals surface area contributed by atoms with Gasteiger partial charge in [0, 0.05) is 11.4 Å². The van der Waals surface area contributed by atoms with E-state index in [1.54, 1.807) is 12.1 Å². The highest BCUT2D eigenvalue weighted by molar-refractivity contribution is 8.22. The summed E-state index contributed by atoms with van der Waals surface area (Å²) in [6.45, 7) is 2.28. The molecule has 0 fully saturated rings. The number of hydrogen-bond acceptors (Lipinski definition) is 5. The summed E-state index contributed by atoms with van der Waals surface area (Å²) in [6, 6.07) is 6.18. The summed E-state index contributed by atoms with van der Waals surface area (Å²) in [5, 5.41) is 0. The molecule has 0 aliphatic rings. The molecule has 0 aliphatic carbocycles. The third-order valence-corrected chi connectivity index (χ3v) is 4.33. The molecule has 0 saturated heterocycles. The van der Waals surface area contributed by atoms with Gasteiger partial charge in [-0.2, -0.15) is 8.78 Å². The van der Waals surface area contributed by atoms with Crippen molar-refractivity contribution in [3.63, 3.8) is 0 Å². The molecule has 20 heavy (non-hydrogen) atoms. The van der Waals surface area contributed by atoms with Crippen LogP contribution in [0.25, 0.3) is 0 Å². The minimum atomic E-state index is -4.65. The lowest BCUT2D eigenvalue weighted by Crippen LogP contribution is -2.20. The van der Waals surface area contributed by atoms with Crippen molar-refractivity contribution in [1.29, 1.82) is 0 Å². The first kappa shape index (κ1) is 17.1. The van der Waals surface area contributed by atoms with Crippen molar-refractivity contribution in [2.75, 3.05) is 11.3 Å². The summed E-state index contributed by atoms with van der Waals surface area (Å²) < 4.78 is 53.9. The average Bonchev–Trinajstić information content (AvgIpc) is 2.36. The predicted octanol–water partition coefficient (Wildman–Crippen LogP) is 3.21. The van der Waals surface area contributed by atoms with Crippen LogP contribution in [0.3, 0.4) is 0 Å². The second kappa shape index (κ2) is 7.75. The van der Waals surface area contributed by atoms with Gasteiger partial charge in [-0.3, -0.25) is 4.72 Å². The molecular weight excluding hydrogens is 328 g/mol. The van der Waals surface area contributed by atoms with Crippen LogP contribution < -0.4 is 4.72 Å². The normalized spacial score (nSPS) is 11.4. The first-order chi connectivity index (χ1) is 9.35. The van der Waals surface area contributed by atoms with E-state index in [4.69, 9.17) is 17.0 Å². The number of anilines is 1. The lowest BCUT2D eigenvalue weighted by Gasteiger charge is -2.09. The maximum atomic E-state index is 12.2. The van der Waals surface area contributed by atoms with Crippen molar-refractivity contribution in [3.05, 3.63) is 29.8 Å². The van der Waals surface area contributed by atoms with Crippen LogP contribution in [0.5, 0.6) is 0 Å². The van der Waals surface area contributed by atoms with E-state index in [1.807, 2.05) is 11.6 Å². The Morgan fingerprint density at radius 1 is 1.50 bits per heavy atom. The number of thioether (sulfide) groups is 1. The van der Waals surface area contributed by atoms with E-state index in [9.17, 15) is 17.2 Å². The molecule has 0 aromatic heterocycles. The molecule has 112 valence electrons. The van der Waals surface area contributed by atoms with Crippen molar-refractivity contribution < 1.29 is 21.9 Å². The van der Waals surface area contributed by atoms with Gasteiger partial charge in [-0.15, -0.1) is 0 Å². The molecule has 0 aliphatic heterocycles. The summed E-state index contributed by atoms with van der Waals surface area (Å²) >= 11 is 6.21. The van der Waals surface area contributed by atoms with Crippen LogP contribution >= 0.6 is 24.0 Å². The standard InChI is InChI=1S/C11H13F2NO3S3/c1-2-17-11(18)19-7-8-4-3-5-9(6-8)14-20(15,16)10(12)13/h3-6,10,14H,2,7H2,1H3. The Balaban J connectivity index is 2.69. The van der Waals surface area contributed by atoms with Crippen molar-refractivity contribution in [1.82, 2.24) is 0 Å². The number of benzene rings is 1. The van der Waals surface area contributed by atoms with E-state index in [0.29, 0.717) is 16.7 Å². The maximum Gasteiger partial charge on any atom is 0.355 e. The Labute approximate surface area is 125 Å². The number of alkyl halides is 2. The molecule has 0 amide bonds. The molecule has 0 spiro atoms. The predicted molar refractivity (Wildman–Crippen MR) is 80.5 cm³/mol. The van der Waals surface area contributed by atoms with Gasteiger partial charge in [0.25, 0.3) is 10.0 Å². The average molecular weight is 341 g/mol. The number of rotatable bonds is 6.